The van der Waals surface area contributed by atoms with Gasteiger partial charge in [0.25, 0.3) is 0 Å². The van der Waals surface area contributed by atoms with Gasteiger partial charge in [0.05, 0.1) is 0 Å². The molecule has 0 bridgehead atoms. The SMILES string of the molecule is CCCNN.CCOCC. The van der Waals surface area contributed by atoms with Crippen LogP contribution in [0.25, 0.3) is 0 Å². The number of hydrogen-bond acceptors (Lipinski definition) is 3. The van der Waals surface area contributed by atoms with Gasteiger partial charge in [0.1, 0.15) is 0 Å². The molecule has 0 atom stereocenters. The lowest BCUT2D eigenvalue weighted by Gasteiger charge is -1.86. The summed E-state index contributed by atoms with van der Waals surface area (Å²) in [5.41, 5.74) is 2.52. The van der Waals surface area contributed by atoms with Gasteiger partial charge in [-0.05, 0) is 20.3 Å². The molecule has 0 aromatic carbocycles. The Labute approximate surface area is 63.9 Å². The highest BCUT2D eigenvalue weighted by Gasteiger charge is 1.65. The highest BCUT2D eigenvalue weighted by Crippen LogP contribution is 1.64. The van der Waals surface area contributed by atoms with Crippen molar-refractivity contribution in [2.24, 2.45) is 5.84 Å². The minimum absolute atomic E-state index is 0.844. The number of hydrogen-bond donors (Lipinski definition) is 2. The van der Waals surface area contributed by atoms with E-state index in [1.807, 2.05) is 13.8 Å². The summed E-state index contributed by atoms with van der Waals surface area (Å²) in [6.07, 6.45) is 1.11. The highest BCUT2D eigenvalue weighted by molar-refractivity contribution is 4.25. The molecule has 0 aromatic heterocycles. The number of hydrazine groups is 1. The summed E-state index contributed by atoms with van der Waals surface area (Å²) in [5.74, 6) is 4.89. The molecule has 0 aliphatic carbocycles. The zero-order valence-corrected chi connectivity index (χ0v) is 7.31. The number of rotatable bonds is 4. The zero-order chi connectivity index (χ0) is 8.24. The van der Waals surface area contributed by atoms with E-state index in [2.05, 4.69) is 12.3 Å². The number of nitrogens with two attached hydrogens (primary N) is 1. The fourth-order valence-electron chi connectivity index (χ4n) is 0.348. The Morgan fingerprint density at radius 2 is 1.70 bits per heavy atom. The summed E-state index contributed by atoms with van der Waals surface area (Å²) >= 11 is 0. The Kier molecular flexibility index (Phi) is 20.0. The first kappa shape index (κ1) is 12.5. The molecule has 0 rings (SSSR count). The summed E-state index contributed by atoms with van der Waals surface area (Å²) in [4.78, 5) is 0. The van der Waals surface area contributed by atoms with Gasteiger partial charge < -0.3 is 4.74 Å². The van der Waals surface area contributed by atoms with Gasteiger partial charge >= 0.3 is 0 Å². The van der Waals surface area contributed by atoms with E-state index in [0.29, 0.717) is 0 Å². The van der Waals surface area contributed by atoms with Gasteiger partial charge in [-0.2, -0.15) is 0 Å². The molecule has 0 radical (unpaired) electrons. The quantitative estimate of drug-likeness (QED) is 0.460. The maximum atomic E-state index is 4.89. The lowest BCUT2D eigenvalue weighted by molar-refractivity contribution is 0.162. The van der Waals surface area contributed by atoms with Gasteiger partial charge in [-0.15, -0.1) is 0 Å². The molecule has 0 saturated heterocycles. The standard InChI is InChI=1S/C4H10O.C3H10N2/c1-3-5-4-2;1-2-3-5-4/h3-4H2,1-2H3;5H,2-4H2,1H3. The first-order chi connectivity index (χ1) is 4.83. The van der Waals surface area contributed by atoms with Crippen molar-refractivity contribution in [3.63, 3.8) is 0 Å². The first-order valence-electron chi connectivity index (χ1n) is 3.84. The second-order valence-corrected chi connectivity index (χ2v) is 1.74. The normalized spacial score (nSPS) is 8.40. The summed E-state index contributed by atoms with van der Waals surface area (Å²) < 4.78 is 4.83. The lowest BCUT2D eigenvalue weighted by Crippen LogP contribution is -2.21. The Hall–Kier alpha value is -0.120. The molecule has 0 fully saturated rings. The van der Waals surface area contributed by atoms with Gasteiger partial charge in [-0.3, -0.25) is 11.3 Å². The average Bonchev–Trinajstić information content (AvgIpc) is 1.93. The zero-order valence-electron chi connectivity index (χ0n) is 7.31. The van der Waals surface area contributed by atoms with Crippen LogP contribution >= 0.6 is 0 Å². The smallest absolute Gasteiger partial charge is 0.0437 e. The molecule has 10 heavy (non-hydrogen) atoms. The van der Waals surface area contributed by atoms with Crippen LogP contribution in [0.2, 0.25) is 0 Å². The van der Waals surface area contributed by atoms with Crippen LogP contribution in [0.4, 0.5) is 0 Å². The minimum Gasteiger partial charge on any atom is -0.382 e. The van der Waals surface area contributed by atoms with Crippen LogP contribution in [0.15, 0.2) is 0 Å². The highest BCUT2D eigenvalue weighted by atomic mass is 16.5. The monoisotopic (exact) mass is 148 g/mol. The lowest BCUT2D eigenvalue weighted by atomic mass is 10.5. The van der Waals surface area contributed by atoms with E-state index in [-0.39, 0.29) is 0 Å². The molecule has 3 heteroatoms. The predicted octanol–water partition coefficient (Wildman–Crippen LogP) is 0.902. The molecule has 0 spiro atoms. The van der Waals surface area contributed by atoms with E-state index in [0.717, 1.165) is 26.2 Å². The maximum absolute atomic E-state index is 4.89. The van der Waals surface area contributed by atoms with Gasteiger partial charge in [0.15, 0.2) is 0 Å². The minimum atomic E-state index is 0.844. The van der Waals surface area contributed by atoms with Crippen LogP contribution in [0, 0.1) is 0 Å². The topological polar surface area (TPSA) is 47.3 Å². The summed E-state index contributed by atoms with van der Waals surface area (Å²) in [6.45, 7) is 8.65. The molecule has 0 amide bonds. The van der Waals surface area contributed by atoms with Crippen molar-refractivity contribution in [1.29, 1.82) is 0 Å². The van der Waals surface area contributed by atoms with Crippen LogP contribution in [-0.4, -0.2) is 19.8 Å². The predicted molar refractivity (Wildman–Crippen MR) is 44.6 cm³/mol. The van der Waals surface area contributed by atoms with E-state index < -0.39 is 0 Å². The Morgan fingerprint density at radius 1 is 1.20 bits per heavy atom. The van der Waals surface area contributed by atoms with E-state index in [1.54, 1.807) is 0 Å². The summed E-state index contributed by atoms with van der Waals surface area (Å²) in [6, 6.07) is 0. The summed E-state index contributed by atoms with van der Waals surface area (Å²) in [7, 11) is 0. The molecular weight excluding hydrogens is 128 g/mol. The molecule has 3 N–H and O–H groups in total. The molecule has 0 unspecified atom stereocenters. The largest absolute Gasteiger partial charge is 0.382 e. The Bertz CT molecular complexity index is 32.6. The molecule has 0 heterocycles. The van der Waals surface area contributed by atoms with Crippen molar-refractivity contribution in [1.82, 2.24) is 5.43 Å². The fourth-order valence-corrected chi connectivity index (χ4v) is 0.348. The summed E-state index contributed by atoms with van der Waals surface area (Å²) in [5, 5.41) is 0. The van der Waals surface area contributed by atoms with Crippen molar-refractivity contribution >= 4 is 0 Å². The van der Waals surface area contributed by atoms with Crippen LogP contribution in [-0.2, 0) is 4.74 Å². The van der Waals surface area contributed by atoms with Gasteiger partial charge in [0, 0.05) is 19.8 Å². The second-order valence-electron chi connectivity index (χ2n) is 1.74. The third-order valence-electron chi connectivity index (χ3n) is 0.803. The molecular formula is C7H20N2O. The van der Waals surface area contributed by atoms with Crippen molar-refractivity contribution in [3.8, 4) is 0 Å². The van der Waals surface area contributed by atoms with Gasteiger partial charge in [-0.25, -0.2) is 0 Å². The van der Waals surface area contributed by atoms with Crippen molar-refractivity contribution in [2.45, 2.75) is 27.2 Å². The first-order valence-corrected chi connectivity index (χ1v) is 3.84. The van der Waals surface area contributed by atoms with Crippen LogP contribution in [0.1, 0.15) is 27.2 Å². The molecule has 64 valence electrons. The molecule has 3 nitrogen and oxygen atoms in total. The van der Waals surface area contributed by atoms with Gasteiger partial charge in [0.2, 0.25) is 0 Å². The number of ether oxygens (including phenoxy) is 1. The van der Waals surface area contributed by atoms with E-state index in [9.17, 15) is 0 Å². The second kappa shape index (κ2) is 15.9. The van der Waals surface area contributed by atoms with Crippen molar-refractivity contribution in [3.05, 3.63) is 0 Å². The van der Waals surface area contributed by atoms with Crippen LogP contribution in [0.5, 0.6) is 0 Å². The Balaban J connectivity index is 0. The fraction of sp³-hybridized carbons (Fsp3) is 1.00. The van der Waals surface area contributed by atoms with Gasteiger partial charge in [-0.1, -0.05) is 6.92 Å². The van der Waals surface area contributed by atoms with Crippen LogP contribution in [0.3, 0.4) is 0 Å². The third-order valence-corrected chi connectivity index (χ3v) is 0.803. The molecule has 0 aliphatic rings. The molecule has 0 aromatic rings. The number of nitrogens with one attached hydrogen (secondary N) is 1. The third kappa shape index (κ3) is 24.8. The molecule has 0 saturated carbocycles. The average molecular weight is 148 g/mol. The van der Waals surface area contributed by atoms with E-state index in [4.69, 9.17) is 10.6 Å². The Morgan fingerprint density at radius 3 is 1.70 bits per heavy atom. The van der Waals surface area contributed by atoms with E-state index >= 15 is 0 Å². The van der Waals surface area contributed by atoms with Crippen LogP contribution < -0.4 is 11.3 Å². The maximum Gasteiger partial charge on any atom is 0.0437 e. The molecule has 0 aliphatic heterocycles. The van der Waals surface area contributed by atoms with Crippen molar-refractivity contribution in [2.75, 3.05) is 19.8 Å². The van der Waals surface area contributed by atoms with Crippen molar-refractivity contribution < 1.29 is 4.74 Å². The van der Waals surface area contributed by atoms with E-state index in [1.165, 1.54) is 0 Å².